The van der Waals surface area contributed by atoms with E-state index in [1.165, 1.54) is 12.1 Å². The van der Waals surface area contributed by atoms with E-state index in [0.717, 1.165) is 5.56 Å². The summed E-state index contributed by atoms with van der Waals surface area (Å²) in [7, 11) is 0. The number of carbonyl (C=O) groups excluding carboxylic acids is 1. The van der Waals surface area contributed by atoms with Crippen LogP contribution < -0.4 is 14.8 Å². The minimum Gasteiger partial charge on any atom is -0.490 e. The first-order valence-corrected chi connectivity index (χ1v) is 7.05. The fourth-order valence-corrected chi connectivity index (χ4v) is 1.84. The standard InChI is InChI=1S/C17H18FNO3/c1-2-21-15-5-3-4-6-16(15)22-12-17(20)19-11-13-7-9-14(18)10-8-13/h3-10H,2,11-12H2,1H3,(H,19,20). The van der Waals surface area contributed by atoms with E-state index < -0.39 is 0 Å². The van der Waals surface area contributed by atoms with Crippen molar-refractivity contribution in [3.05, 3.63) is 59.9 Å². The van der Waals surface area contributed by atoms with Crippen LogP contribution in [-0.4, -0.2) is 19.1 Å². The van der Waals surface area contributed by atoms with Crippen molar-refractivity contribution in [2.75, 3.05) is 13.2 Å². The van der Waals surface area contributed by atoms with Crippen LogP contribution in [0.5, 0.6) is 11.5 Å². The molecule has 4 nitrogen and oxygen atoms in total. The van der Waals surface area contributed by atoms with Crippen molar-refractivity contribution in [2.24, 2.45) is 0 Å². The van der Waals surface area contributed by atoms with Crippen molar-refractivity contribution in [2.45, 2.75) is 13.5 Å². The smallest absolute Gasteiger partial charge is 0.258 e. The van der Waals surface area contributed by atoms with Crippen LogP contribution in [0, 0.1) is 5.82 Å². The van der Waals surface area contributed by atoms with Crippen LogP contribution in [0.15, 0.2) is 48.5 Å². The molecule has 1 N–H and O–H groups in total. The topological polar surface area (TPSA) is 47.6 Å². The van der Waals surface area contributed by atoms with E-state index in [1.807, 2.05) is 19.1 Å². The highest BCUT2D eigenvalue weighted by atomic mass is 19.1. The Labute approximate surface area is 128 Å². The highest BCUT2D eigenvalue weighted by molar-refractivity contribution is 5.77. The summed E-state index contributed by atoms with van der Waals surface area (Å²) in [5, 5.41) is 2.71. The van der Waals surface area contributed by atoms with E-state index in [-0.39, 0.29) is 18.3 Å². The summed E-state index contributed by atoms with van der Waals surface area (Å²) >= 11 is 0. The van der Waals surface area contributed by atoms with Gasteiger partial charge in [-0.25, -0.2) is 4.39 Å². The molecule has 0 spiro atoms. The third-order valence-electron chi connectivity index (χ3n) is 2.91. The summed E-state index contributed by atoms with van der Waals surface area (Å²) < 4.78 is 23.7. The van der Waals surface area contributed by atoms with E-state index in [4.69, 9.17) is 9.47 Å². The Morgan fingerprint density at radius 3 is 2.32 bits per heavy atom. The van der Waals surface area contributed by atoms with Gasteiger partial charge in [0, 0.05) is 6.54 Å². The summed E-state index contributed by atoms with van der Waals surface area (Å²) in [6, 6.07) is 13.2. The van der Waals surface area contributed by atoms with Gasteiger partial charge in [-0.3, -0.25) is 4.79 Å². The molecule has 0 aliphatic heterocycles. The highest BCUT2D eigenvalue weighted by Crippen LogP contribution is 2.26. The molecule has 0 aromatic heterocycles. The van der Waals surface area contributed by atoms with Crippen LogP contribution >= 0.6 is 0 Å². The van der Waals surface area contributed by atoms with Gasteiger partial charge in [0.1, 0.15) is 5.82 Å². The van der Waals surface area contributed by atoms with Crippen LogP contribution in [0.3, 0.4) is 0 Å². The molecule has 2 aromatic rings. The monoisotopic (exact) mass is 303 g/mol. The second-order valence-corrected chi connectivity index (χ2v) is 4.57. The van der Waals surface area contributed by atoms with Crippen molar-refractivity contribution in [3.8, 4) is 11.5 Å². The highest BCUT2D eigenvalue weighted by Gasteiger charge is 2.07. The number of amides is 1. The average molecular weight is 303 g/mol. The molecule has 22 heavy (non-hydrogen) atoms. The molecule has 0 aliphatic carbocycles. The molecule has 0 saturated heterocycles. The number of nitrogens with one attached hydrogen (secondary N) is 1. The van der Waals surface area contributed by atoms with Crippen molar-refractivity contribution in [1.29, 1.82) is 0 Å². The van der Waals surface area contributed by atoms with Crippen LogP contribution in [0.25, 0.3) is 0 Å². The molecule has 0 saturated carbocycles. The fourth-order valence-electron chi connectivity index (χ4n) is 1.84. The number of halogens is 1. The third kappa shape index (κ3) is 4.77. The zero-order chi connectivity index (χ0) is 15.8. The Morgan fingerprint density at radius 1 is 1.05 bits per heavy atom. The lowest BCUT2D eigenvalue weighted by atomic mass is 10.2. The van der Waals surface area contributed by atoms with Gasteiger partial charge < -0.3 is 14.8 Å². The van der Waals surface area contributed by atoms with Gasteiger partial charge in [-0.1, -0.05) is 24.3 Å². The van der Waals surface area contributed by atoms with E-state index >= 15 is 0 Å². The van der Waals surface area contributed by atoms with Gasteiger partial charge in [-0.05, 0) is 36.8 Å². The van der Waals surface area contributed by atoms with Crippen molar-refractivity contribution < 1.29 is 18.7 Å². The number of hydrogen-bond donors (Lipinski definition) is 1. The minimum atomic E-state index is -0.300. The number of hydrogen-bond acceptors (Lipinski definition) is 3. The van der Waals surface area contributed by atoms with Crippen molar-refractivity contribution in [3.63, 3.8) is 0 Å². The van der Waals surface area contributed by atoms with Crippen LogP contribution in [0.2, 0.25) is 0 Å². The predicted molar refractivity (Wildman–Crippen MR) is 81.4 cm³/mol. The lowest BCUT2D eigenvalue weighted by Crippen LogP contribution is -2.28. The molecule has 0 bridgehead atoms. The molecule has 2 rings (SSSR count). The van der Waals surface area contributed by atoms with Gasteiger partial charge in [0.25, 0.3) is 5.91 Å². The Kier molecular flexibility index (Phi) is 5.77. The maximum absolute atomic E-state index is 12.8. The molecular formula is C17H18FNO3. The second kappa shape index (κ2) is 8.02. The number of carbonyl (C=O) groups is 1. The number of rotatable bonds is 7. The van der Waals surface area contributed by atoms with E-state index in [0.29, 0.717) is 24.7 Å². The first-order valence-electron chi connectivity index (χ1n) is 7.05. The quantitative estimate of drug-likeness (QED) is 0.855. The molecular weight excluding hydrogens is 285 g/mol. The summed E-state index contributed by atoms with van der Waals surface area (Å²) in [6.45, 7) is 2.63. The molecule has 0 radical (unpaired) electrons. The number of para-hydroxylation sites is 2. The van der Waals surface area contributed by atoms with Gasteiger partial charge in [0.2, 0.25) is 0 Å². The molecule has 2 aromatic carbocycles. The van der Waals surface area contributed by atoms with Crippen molar-refractivity contribution in [1.82, 2.24) is 5.32 Å². The summed E-state index contributed by atoms with van der Waals surface area (Å²) in [6.07, 6.45) is 0. The average Bonchev–Trinajstić information content (AvgIpc) is 2.54. The van der Waals surface area contributed by atoms with E-state index in [2.05, 4.69) is 5.32 Å². The second-order valence-electron chi connectivity index (χ2n) is 4.57. The van der Waals surface area contributed by atoms with Gasteiger partial charge in [-0.15, -0.1) is 0 Å². The zero-order valence-electron chi connectivity index (χ0n) is 12.3. The Hall–Kier alpha value is -2.56. The molecule has 116 valence electrons. The first kappa shape index (κ1) is 15.8. The maximum Gasteiger partial charge on any atom is 0.258 e. The van der Waals surface area contributed by atoms with Crippen molar-refractivity contribution >= 4 is 5.91 Å². The van der Waals surface area contributed by atoms with Gasteiger partial charge in [0.05, 0.1) is 6.61 Å². The molecule has 1 amide bonds. The minimum absolute atomic E-state index is 0.106. The fraction of sp³-hybridized carbons (Fsp3) is 0.235. The van der Waals surface area contributed by atoms with Gasteiger partial charge in [0.15, 0.2) is 18.1 Å². The lowest BCUT2D eigenvalue weighted by molar-refractivity contribution is -0.123. The maximum atomic E-state index is 12.8. The van der Waals surface area contributed by atoms with Crippen LogP contribution in [-0.2, 0) is 11.3 Å². The summed E-state index contributed by atoms with van der Waals surface area (Å²) in [5.74, 6) is 0.583. The Balaban J connectivity index is 1.81. The Bertz CT molecular complexity index is 614. The predicted octanol–water partition coefficient (Wildman–Crippen LogP) is 2.92. The third-order valence-corrected chi connectivity index (χ3v) is 2.91. The molecule has 0 aliphatic rings. The lowest BCUT2D eigenvalue weighted by Gasteiger charge is -2.11. The largest absolute Gasteiger partial charge is 0.490 e. The zero-order valence-corrected chi connectivity index (χ0v) is 12.3. The number of ether oxygens (including phenoxy) is 2. The van der Waals surface area contributed by atoms with Crippen LogP contribution in [0.1, 0.15) is 12.5 Å². The molecule has 5 heteroatoms. The van der Waals surface area contributed by atoms with Gasteiger partial charge in [-0.2, -0.15) is 0 Å². The van der Waals surface area contributed by atoms with Gasteiger partial charge >= 0.3 is 0 Å². The van der Waals surface area contributed by atoms with Crippen LogP contribution in [0.4, 0.5) is 4.39 Å². The normalized spacial score (nSPS) is 10.1. The molecule has 0 atom stereocenters. The SMILES string of the molecule is CCOc1ccccc1OCC(=O)NCc1ccc(F)cc1. The Morgan fingerprint density at radius 2 is 1.68 bits per heavy atom. The summed E-state index contributed by atoms with van der Waals surface area (Å²) in [5.41, 5.74) is 0.824. The van der Waals surface area contributed by atoms with E-state index in [1.54, 1.807) is 24.3 Å². The molecule has 0 fully saturated rings. The molecule has 0 heterocycles. The van der Waals surface area contributed by atoms with E-state index in [9.17, 15) is 9.18 Å². The first-order chi connectivity index (χ1) is 10.7. The molecule has 0 unspecified atom stereocenters. The summed E-state index contributed by atoms with van der Waals surface area (Å²) in [4.78, 5) is 11.8. The number of benzene rings is 2.